The minimum absolute atomic E-state index is 0.890. The zero-order chi connectivity index (χ0) is 6.74. The van der Waals surface area contributed by atoms with E-state index < -0.39 is 7.44 Å². The average Bonchev–Trinajstić information content (AvgIpc) is 1.92. The van der Waals surface area contributed by atoms with Crippen molar-refractivity contribution in [3.63, 3.8) is 0 Å². The first kappa shape index (κ1) is 7.26. The van der Waals surface area contributed by atoms with Gasteiger partial charge in [-0.2, -0.15) is 0 Å². The number of hydrogen-bond acceptors (Lipinski definition) is 1. The van der Waals surface area contributed by atoms with Crippen LogP contribution in [0.1, 0.15) is 12.8 Å². The summed E-state index contributed by atoms with van der Waals surface area (Å²) < 4.78 is 11.2. The number of hydrogen-bond donors (Lipinski definition) is 2. The molecule has 0 aromatic heterocycles. The molecule has 0 bridgehead atoms. The molecular formula is C5H13N2OP. The van der Waals surface area contributed by atoms with Crippen LogP contribution >= 0.6 is 7.44 Å². The Bertz CT molecular complexity index is 125. The van der Waals surface area contributed by atoms with Crippen LogP contribution in [0.4, 0.5) is 0 Å². The summed E-state index contributed by atoms with van der Waals surface area (Å²) in [5, 5.41) is 5.93. The molecule has 0 unspecified atom stereocenters. The van der Waals surface area contributed by atoms with Gasteiger partial charge in [0.1, 0.15) is 0 Å². The van der Waals surface area contributed by atoms with Crippen LogP contribution in [0.5, 0.6) is 0 Å². The van der Waals surface area contributed by atoms with Crippen LogP contribution in [0.2, 0.25) is 0 Å². The topological polar surface area (TPSA) is 41.1 Å². The predicted octanol–water partition coefficient (Wildman–Crippen LogP) is 0.782. The van der Waals surface area contributed by atoms with Crippen molar-refractivity contribution in [2.75, 3.05) is 19.8 Å². The molecule has 0 aromatic rings. The molecule has 1 fully saturated rings. The third-order valence-electron chi connectivity index (χ3n) is 1.43. The lowest BCUT2D eigenvalue weighted by molar-refractivity contribution is 0.563. The van der Waals surface area contributed by atoms with Crippen molar-refractivity contribution in [2.45, 2.75) is 12.8 Å². The van der Waals surface area contributed by atoms with Gasteiger partial charge in [0.25, 0.3) is 0 Å². The number of rotatable bonds is 0. The minimum atomic E-state index is -2.13. The smallest absolute Gasteiger partial charge is 0.208 e. The molecule has 0 amide bonds. The maximum Gasteiger partial charge on any atom is 0.208 e. The van der Waals surface area contributed by atoms with Gasteiger partial charge in [-0.15, -0.1) is 0 Å². The summed E-state index contributed by atoms with van der Waals surface area (Å²) in [7, 11) is -2.13. The Morgan fingerprint density at radius 2 is 1.67 bits per heavy atom. The van der Waals surface area contributed by atoms with E-state index in [1.807, 2.05) is 0 Å². The van der Waals surface area contributed by atoms with Crippen molar-refractivity contribution in [1.29, 1.82) is 0 Å². The molecule has 3 nitrogen and oxygen atoms in total. The molecule has 1 aliphatic heterocycles. The van der Waals surface area contributed by atoms with Crippen LogP contribution in [-0.4, -0.2) is 19.8 Å². The second-order valence-corrected chi connectivity index (χ2v) is 4.93. The summed E-state index contributed by atoms with van der Waals surface area (Å²) >= 11 is 0. The van der Waals surface area contributed by atoms with Crippen LogP contribution < -0.4 is 10.2 Å². The molecule has 1 heterocycles. The van der Waals surface area contributed by atoms with Crippen LogP contribution in [0.3, 0.4) is 0 Å². The predicted molar refractivity (Wildman–Crippen MR) is 38.8 cm³/mol. The van der Waals surface area contributed by atoms with E-state index in [1.54, 1.807) is 6.66 Å². The molecule has 0 aromatic carbocycles. The van der Waals surface area contributed by atoms with E-state index in [0.29, 0.717) is 0 Å². The van der Waals surface area contributed by atoms with Crippen molar-refractivity contribution in [3.05, 3.63) is 0 Å². The van der Waals surface area contributed by atoms with E-state index in [4.69, 9.17) is 0 Å². The molecule has 2 N–H and O–H groups in total. The summed E-state index contributed by atoms with van der Waals surface area (Å²) in [6.45, 7) is 3.51. The second kappa shape index (κ2) is 2.82. The molecule has 0 saturated carbocycles. The Morgan fingerprint density at radius 3 is 2.11 bits per heavy atom. The van der Waals surface area contributed by atoms with E-state index in [2.05, 4.69) is 10.2 Å². The van der Waals surface area contributed by atoms with Crippen LogP contribution in [-0.2, 0) is 4.57 Å². The molecule has 0 atom stereocenters. The minimum Gasteiger partial charge on any atom is -0.290 e. The first-order valence-electron chi connectivity index (χ1n) is 3.28. The Labute approximate surface area is 55.7 Å². The monoisotopic (exact) mass is 148 g/mol. The van der Waals surface area contributed by atoms with E-state index >= 15 is 0 Å². The third-order valence-corrected chi connectivity index (χ3v) is 3.08. The fraction of sp³-hybridized carbons (Fsp3) is 1.00. The zero-order valence-corrected chi connectivity index (χ0v) is 6.58. The van der Waals surface area contributed by atoms with Gasteiger partial charge in [0, 0.05) is 19.8 Å². The van der Waals surface area contributed by atoms with E-state index in [9.17, 15) is 4.57 Å². The SMILES string of the molecule is CP1(=O)NCCCCN1. The maximum atomic E-state index is 11.2. The average molecular weight is 148 g/mol. The van der Waals surface area contributed by atoms with Gasteiger partial charge in [0.15, 0.2) is 0 Å². The van der Waals surface area contributed by atoms with E-state index in [-0.39, 0.29) is 0 Å². The quantitative estimate of drug-likeness (QED) is 0.499. The molecule has 1 rings (SSSR count). The standard InChI is InChI=1S/C5H13N2OP/c1-9(8)6-4-2-3-5-7-9/h2-5H2,1H3,(H2,6,7,8). The summed E-state index contributed by atoms with van der Waals surface area (Å²) in [6.07, 6.45) is 2.26. The van der Waals surface area contributed by atoms with Crippen LogP contribution in [0.15, 0.2) is 0 Å². The number of nitrogens with one attached hydrogen (secondary N) is 2. The van der Waals surface area contributed by atoms with Gasteiger partial charge in [0.2, 0.25) is 7.44 Å². The van der Waals surface area contributed by atoms with Gasteiger partial charge in [-0.1, -0.05) is 0 Å². The summed E-state index contributed by atoms with van der Waals surface area (Å²) in [5.74, 6) is 0. The largest absolute Gasteiger partial charge is 0.290 e. The van der Waals surface area contributed by atoms with E-state index in [0.717, 1.165) is 25.9 Å². The molecule has 0 radical (unpaired) electrons. The van der Waals surface area contributed by atoms with Crippen LogP contribution in [0.25, 0.3) is 0 Å². The van der Waals surface area contributed by atoms with Gasteiger partial charge in [0.05, 0.1) is 0 Å². The van der Waals surface area contributed by atoms with Crippen molar-refractivity contribution >= 4 is 7.44 Å². The molecule has 4 heteroatoms. The molecule has 1 saturated heterocycles. The van der Waals surface area contributed by atoms with E-state index in [1.165, 1.54) is 0 Å². The van der Waals surface area contributed by atoms with Gasteiger partial charge >= 0.3 is 0 Å². The van der Waals surface area contributed by atoms with Crippen LogP contribution in [0, 0.1) is 0 Å². The van der Waals surface area contributed by atoms with Gasteiger partial charge in [-0.05, 0) is 12.8 Å². The molecule has 1 aliphatic rings. The van der Waals surface area contributed by atoms with Gasteiger partial charge in [-0.25, -0.2) is 0 Å². The first-order chi connectivity index (χ1) is 4.21. The highest BCUT2D eigenvalue weighted by Crippen LogP contribution is 2.30. The summed E-state index contributed by atoms with van der Waals surface area (Å²) in [6, 6.07) is 0. The highest BCUT2D eigenvalue weighted by Gasteiger charge is 2.14. The Morgan fingerprint density at radius 1 is 1.22 bits per heavy atom. The lowest BCUT2D eigenvalue weighted by atomic mass is 10.3. The fourth-order valence-electron chi connectivity index (χ4n) is 0.891. The van der Waals surface area contributed by atoms with Crippen molar-refractivity contribution < 1.29 is 4.57 Å². The van der Waals surface area contributed by atoms with Gasteiger partial charge < -0.3 is 0 Å². The molecule has 0 aliphatic carbocycles. The highest BCUT2D eigenvalue weighted by molar-refractivity contribution is 7.59. The van der Waals surface area contributed by atoms with Crippen molar-refractivity contribution in [1.82, 2.24) is 10.2 Å². The summed E-state index contributed by atoms with van der Waals surface area (Å²) in [5.41, 5.74) is 0. The Balaban J connectivity index is 2.45. The lowest BCUT2D eigenvalue weighted by Gasteiger charge is -2.10. The first-order valence-corrected chi connectivity index (χ1v) is 5.44. The van der Waals surface area contributed by atoms with Gasteiger partial charge in [-0.3, -0.25) is 14.7 Å². The second-order valence-electron chi connectivity index (χ2n) is 2.45. The Hall–Kier alpha value is 0.150. The molecular weight excluding hydrogens is 135 g/mol. The third kappa shape index (κ3) is 2.48. The Kier molecular flexibility index (Phi) is 2.28. The van der Waals surface area contributed by atoms with Crippen molar-refractivity contribution in [2.24, 2.45) is 0 Å². The zero-order valence-electron chi connectivity index (χ0n) is 5.68. The lowest BCUT2D eigenvalue weighted by Crippen LogP contribution is -2.18. The molecule has 0 spiro atoms. The fourth-order valence-corrected chi connectivity index (χ4v) is 2.17. The molecule has 54 valence electrons. The van der Waals surface area contributed by atoms with Crippen molar-refractivity contribution in [3.8, 4) is 0 Å². The molecule has 9 heavy (non-hydrogen) atoms. The highest BCUT2D eigenvalue weighted by atomic mass is 31.2. The summed E-state index contributed by atoms with van der Waals surface area (Å²) in [4.78, 5) is 0. The maximum absolute atomic E-state index is 11.2. The normalized spacial score (nSPS) is 27.2.